The quantitative estimate of drug-likeness (QED) is 0.684. The zero-order valence-corrected chi connectivity index (χ0v) is 13.2. The van der Waals surface area contributed by atoms with Gasteiger partial charge >= 0.3 is 0 Å². The highest BCUT2D eigenvalue weighted by molar-refractivity contribution is 7.99. The molecule has 0 aromatic rings. The number of rotatable bonds is 7. The van der Waals surface area contributed by atoms with Crippen molar-refractivity contribution in [1.29, 1.82) is 0 Å². The second-order valence-electron chi connectivity index (χ2n) is 4.38. The molecule has 0 aromatic heterocycles. The van der Waals surface area contributed by atoms with E-state index in [0.717, 1.165) is 19.4 Å². The molecule has 19 heavy (non-hydrogen) atoms. The predicted octanol–water partition coefficient (Wildman–Crippen LogP) is 0.835. The molecule has 0 saturated carbocycles. The maximum atomic E-state index is 12.0. The van der Waals surface area contributed by atoms with Crippen molar-refractivity contribution in [2.75, 3.05) is 31.8 Å². The molecule has 2 N–H and O–H groups in total. The molecule has 1 aliphatic rings. The van der Waals surface area contributed by atoms with Crippen LogP contribution in [0.3, 0.4) is 0 Å². The summed E-state index contributed by atoms with van der Waals surface area (Å²) in [7, 11) is 1.89. The molecule has 0 radical (unpaired) electrons. The van der Waals surface area contributed by atoms with Crippen LogP contribution in [-0.4, -0.2) is 54.5 Å². The van der Waals surface area contributed by atoms with E-state index in [1.165, 1.54) is 0 Å². The van der Waals surface area contributed by atoms with E-state index in [-0.39, 0.29) is 30.3 Å². The zero-order chi connectivity index (χ0) is 13.4. The van der Waals surface area contributed by atoms with Crippen LogP contribution in [-0.2, 0) is 9.59 Å². The van der Waals surface area contributed by atoms with Gasteiger partial charge in [-0.3, -0.25) is 9.59 Å². The van der Waals surface area contributed by atoms with Gasteiger partial charge in [0.2, 0.25) is 11.8 Å². The summed E-state index contributed by atoms with van der Waals surface area (Å²) in [5.74, 6) is 1.44. The van der Waals surface area contributed by atoms with Crippen molar-refractivity contribution in [2.45, 2.75) is 32.2 Å². The molecule has 0 bridgehead atoms. The summed E-state index contributed by atoms with van der Waals surface area (Å²) in [5.41, 5.74) is 0. The molecule has 7 heteroatoms. The summed E-state index contributed by atoms with van der Waals surface area (Å²) in [4.78, 5) is 25.6. The van der Waals surface area contributed by atoms with Gasteiger partial charge < -0.3 is 15.5 Å². The van der Waals surface area contributed by atoms with Gasteiger partial charge in [0, 0.05) is 18.7 Å². The largest absolute Gasteiger partial charge is 0.354 e. The van der Waals surface area contributed by atoms with Gasteiger partial charge in [-0.05, 0) is 26.4 Å². The smallest absolute Gasteiger partial charge is 0.243 e. The van der Waals surface area contributed by atoms with Crippen LogP contribution in [0.5, 0.6) is 0 Å². The topological polar surface area (TPSA) is 61.4 Å². The molecule has 1 rings (SSSR count). The van der Waals surface area contributed by atoms with Crippen molar-refractivity contribution < 1.29 is 9.59 Å². The second-order valence-corrected chi connectivity index (χ2v) is 5.38. The highest BCUT2D eigenvalue weighted by Gasteiger charge is 2.33. The number of hydrogen-bond acceptors (Lipinski definition) is 4. The Morgan fingerprint density at radius 3 is 2.74 bits per heavy atom. The van der Waals surface area contributed by atoms with Gasteiger partial charge in [-0.2, -0.15) is 0 Å². The molecular formula is C12H24ClN3O2S. The molecule has 1 fully saturated rings. The molecule has 1 saturated heterocycles. The van der Waals surface area contributed by atoms with Crippen LogP contribution in [0.4, 0.5) is 0 Å². The zero-order valence-electron chi connectivity index (χ0n) is 11.6. The molecule has 5 nitrogen and oxygen atoms in total. The lowest BCUT2D eigenvalue weighted by Gasteiger charge is -2.22. The SMILES string of the molecule is CCCC(=O)N1CSCC1C(=O)NCCCNC.Cl. The molecule has 1 aliphatic heterocycles. The first kappa shape index (κ1) is 18.5. The van der Waals surface area contributed by atoms with E-state index < -0.39 is 0 Å². The number of halogens is 1. The molecule has 1 unspecified atom stereocenters. The average molecular weight is 310 g/mol. The van der Waals surface area contributed by atoms with Gasteiger partial charge in [-0.1, -0.05) is 6.92 Å². The van der Waals surface area contributed by atoms with Crippen LogP contribution >= 0.6 is 24.2 Å². The third-order valence-electron chi connectivity index (χ3n) is 2.87. The maximum absolute atomic E-state index is 12.0. The van der Waals surface area contributed by atoms with Gasteiger partial charge in [0.25, 0.3) is 0 Å². The lowest BCUT2D eigenvalue weighted by atomic mass is 10.2. The molecule has 1 heterocycles. The molecule has 0 spiro atoms. The number of carbonyl (C=O) groups excluding carboxylic acids is 2. The predicted molar refractivity (Wildman–Crippen MR) is 81.7 cm³/mol. The van der Waals surface area contributed by atoms with E-state index in [9.17, 15) is 9.59 Å². The van der Waals surface area contributed by atoms with Crippen LogP contribution < -0.4 is 10.6 Å². The van der Waals surface area contributed by atoms with E-state index in [0.29, 0.717) is 24.6 Å². The first-order valence-electron chi connectivity index (χ1n) is 6.50. The monoisotopic (exact) mass is 309 g/mol. The normalized spacial score (nSPS) is 18.0. The minimum atomic E-state index is -0.274. The molecule has 112 valence electrons. The van der Waals surface area contributed by atoms with E-state index in [1.807, 2.05) is 14.0 Å². The summed E-state index contributed by atoms with van der Waals surface area (Å²) in [5, 5.41) is 5.93. The van der Waals surface area contributed by atoms with Crippen molar-refractivity contribution >= 4 is 36.0 Å². The van der Waals surface area contributed by atoms with E-state index in [4.69, 9.17) is 0 Å². The van der Waals surface area contributed by atoms with Gasteiger partial charge in [-0.25, -0.2) is 0 Å². The van der Waals surface area contributed by atoms with E-state index in [2.05, 4.69) is 10.6 Å². The highest BCUT2D eigenvalue weighted by Crippen LogP contribution is 2.22. The lowest BCUT2D eigenvalue weighted by molar-refractivity contribution is -0.138. The van der Waals surface area contributed by atoms with Gasteiger partial charge in [0.1, 0.15) is 6.04 Å². The number of thioether (sulfide) groups is 1. The van der Waals surface area contributed by atoms with Crippen molar-refractivity contribution in [3.63, 3.8) is 0 Å². The molecule has 0 aliphatic carbocycles. The highest BCUT2D eigenvalue weighted by atomic mass is 35.5. The fourth-order valence-electron chi connectivity index (χ4n) is 1.86. The Morgan fingerprint density at radius 2 is 2.11 bits per heavy atom. The Kier molecular flexibility index (Phi) is 10.1. The van der Waals surface area contributed by atoms with Crippen LogP contribution in [0.15, 0.2) is 0 Å². The standard InChI is InChI=1S/C12H23N3O2S.ClH/c1-3-5-11(16)15-9-18-8-10(15)12(17)14-7-4-6-13-2;/h10,13H,3-9H2,1-2H3,(H,14,17);1H. The molecule has 2 amide bonds. The Morgan fingerprint density at radius 1 is 1.37 bits per heavy atom. The third-order valence-corrected chi connectivity index (χ3v) is 3.88. The van der Waals surface area contributed by atoms with Gasteiger partial charge in [-0.15, -0.1) is 24.2 Å². The minimum absolute atomic E-state index is 0. The van der Waals surface area contributed by atoms with Crippen molar-refractivity contribution in [3.8, 4) is 0 Å². The fourth-order valence-corrected chi connectivity index (χ4v) is 3.04. The van der Waals surface area contributed by atoms with E-state index >= 15 is 0 Å². The molecule has 1 atom stereocenters. The molecular weight excluding hydrogens is 286 g/mol. The summed E-state index contributed by atoms with van der Waals surface area (Å²) in [6.45, 7) is 3.53. The van der Waals surface area contributed by atoms with E-state index in [1.54, 1.807) is 16.7 Å². The summed E-state index contributed by atoms with van der Waals surface area (Å²) in [6, 6.07) is -0.274. The minimum Gasteiger partial charge on any atom is -0.354 e. The van der Waals surface area contributed by atoms with Crippen LogP contribution in [0.1, 0.15) is 26.2 Å². The van der Waals surface area contributed by atoms with Gasteiger partial charge in [0.05, 0.1) is 5.88 Å². The number of amides is 2. The fraction of sp³-hybridized carbons (Fsp3) is 0.833. The maximum Gasteiger partial charge on any atom is 0.243 e. The van der Waals surface area contributed by atoms with Crippen LogP contribution in [0.25, 0.3) is 0 Å². The van der Waals surface area contributed by atoms with Crippen molar-refractivity contribution in [2.24, 2.45) is 0 Å². The first-order chi connectivity index (χ1) is 8.70. The van der Waals surface area contributed by atoms with Crippen molar-refractivity contribution in [1.82, 2.24) is 15.5 Å². The Bertz CT molecular complexity index is 292. The second kappa shape index (κ2) is 10.3. The Hall–Kier alpha value is -0.460. The Balaban J connectivity index is 0.00000324. The lowest BCUT2D eigenvalue weighted by Crippen LogP contribution is -2.47. The summed E-state index contributed by atoms with van der Waals surface area (Å²) < 4.78 is 0. The number of carbonyl (C=O) groups is 2. The summed E-state index contributed by atoms with van der Waals surface area (Å²) in [6.07, 6.45) is 2.27. The number of nitrogens with zero attached hydrogens (tertiary/aromatic N) is 1. The molecule has 0 aromatic carbocycles. The summed E-state index contributed by atoms with van der Waals surface area (Å²) >= 11 is 1.65. The first-order valence-corrected chi connectivity index (χ1v) is 7.65. The van der Waals surface area contributed by atoms with Gasteiger partial charge in [0.15, 0.2) is 0 Å². The van der Waals surface area contributed by atoms with Crippen LogP contribution in [0, 0.1) is 0 Å². The van der Waals surface area contributed by atoms with Crippen molar-refractivity contribution in [3.05, 3.63) is 0 Å². The average Bonchev–Trinajstić information content (AvgIpc) is 2.84. The van der Waals surface area contributed by atoms with Crippen LogP contribution in [0.2, 0.25) is 0 Å². The third kappa shape index (κ3) is 6.01. The number of hydrogen-bond donors (Lipinski definition) is 2. The Labute approximate surface area is 125 Å². The number of nitrogens with one attached hydrogen (secondary N) is 2.